The van der Waals surface area contributed by atoms with Gasteiger partial charge in [0.2, 0.25) is 5.95 Å². The molecule has 0 fully saturated rings. The first-order valence-electron chi connectivity index (χ1n) is 4.58. The van der Waals surface area contributed by atoms with Crippen molar-refractivity contribution >= 4 is 11.6 Å². The van der Waals surface area contributed by atoms with Gasteiger partial charge in [0.15, 0.2) is 0 Å². The van der Waals surface area contributed by atoms with Gasteiger partial charge >= 0.3 is 0 Å². The summed E-state index contributed by atoms with van der Waals surface area (Å²) in [7, 11) is 1.77. The van der Waals surface area contributed by atoms with Gasteiger partial charge in [0.25, 0.3) is 0 Å². The van der Waals surface area contributed by atoms with E-state index in [1.54, 1.807) is 11.7 Å². The molecular formula is C9H12N6. The minimum absolute atomic E-state index is 0.481. The Morgan fingerprint density at radius 1 is 1.40 bits per heavy atom. The van der Waals surface area contributed by atoms with Crippen molar-refractivity contribution < 1.29 is 0 Å². The summed E-state index contributed by atoms with van der Waals surface area (Å²) < 4.78 is 1.56. The molecule has 6 nitrogen and oxygen atoms in total. The van der Waals surface area contributed by atoms with Crippen LogP contribution in [0.4, 0.5) is 11.6 Å². The SMILES string of the molecule is Cn1nnnc1Nc1ccccc1CN. The van der Waals surface area contributed by atoms with Crippen LogP contribution < -0.4 is 11.1 Å². The molecule has 2 rings (SSSR count). The van der Waals surface area contributed by atoms with Crippen molar-refractivity contribution in [3.63, 3.8) is 0 Å². The maximum absolute atomic E-state index is 5.62. The molecule has 0 amide bonds. The molecule has 0 aliphatic heterocycles. The first-order chi connectivity index (χ1) is 7.31. The summed E-state index contributed by atoms with van der Waals surface area (Å²) >= 11 is 0. The zero-order chi connectivity index (χ0) is 10.7. The van der Waals surface area contributed by atoms with E-state index < -0.39 is 0 Å². The van der Waals surface area contributed by atoms with Crippen LogP contribution in [0, 0.1) is 0 Å². The molecule has 0 radical (unpaired) electrons. The molecule has 1 heterocycles. The third-order valence-electron chi connectivity index (χ3n) is 2.10. The quantitative estimate of drug-likeness (QED) is 0.756. The van der Waals surface area contributed by atoms with Gasteiger partial charge in [0, 0.05) is 19.3 Å². The van der Waals surface area contributed by atoms with Crippen molar-refractivity contribution in [2.75, 3.05) is 5.32 Å². The second-order valence-corrected chi connectivity index (χ2v) is 3.11. The first kappa shape index (κ1) is 9.60. The van der Waals surface area contributed by atoms with Crippen molar-refractivity contribution in [3.8, 4) is 0 Å². The molecule has 3 N–H and O–H groups in total. The highest BCUT2D eigenvalue weighted by molar-refractivity contribution is 5.58. The molecule has 0 aliphatic rings. The number of para-hydroxylation sites is 1. The number of rotatable bonds is 3. The molecule has 2 aromatic rings. The van der Waals surface area contributed by atoms with Gasteiger partial charge in [-0.1, -0.05) is 23.3 Å². The summed E-state index contributed by atoms with van der Waals surface area (Å²) in [5.74, 6) is 0.593. The van der Waals surface area contributed by atoms with Gasteiger partial charge in [-0.05, 0) is 22.1 Å². The highest BCUT2D eigenvalue weighted by Crippen LogP contribution is 2.17. The maximum atomic E-state index is 5.62. The van der Waals surface area contributed by atoms with Gasteiger partial charge in [-0.15, -0.1) is 0 Å². The van der Waals surface area contributed by atoms with Crippen molar-refractivity contribution in [1.29, 1.82) is 0 Å². The van der Waals surface area contributed by atoms with E-state index in [-0.39, 0.29) is 0 Å². The second kappa shape index (κ2) is 4.05. The van der Waals surface area contributed by atoms with Gasteiger partial charge in [0.05, 0.1) is 0 Å². The smallest absolute Gasteiger partial charge is 0.247 e. The molecule has 0 aliphatic carbocycles. The predicted molar refractivity (Wildman–Crippen MR) is 56.4 cm³/mol. The zero-order valence-corrected chi connectivity index (χ0v) is 8.38. The fourth-order valence-electron chi connectivity index (χ4n) is 1.28. The van der Waals surface area contributed by atoms with Gasteiger partial charge < -0.3 is 11.1 Å². The number of anilines is 2. The van der Waals surface area contributed by atoms with Crippen LogP contribution >= 0.6 is 0 Å². The summed E-state index contributed by atoms with van der Waals surface area (Å²) in [5, 5.41) is 14.2. The number of nitrogens with zero attached hydrogens (tertiary/aromatic N) is 4. The van der Waals surface area contributed by atoms with E-state index in [4.69, 9.17) is 5.73 Å². The second-order valence-electron chi connectivity index (χ2n) is 3.11. The van der Waals surface area contributed by atoms with Gasteiger partial charge in [-0.3, -0.25) is 0 Å². The zero-order valence-electron chi connectivity index (χ0n) is 8.38. The van der Waals surface area contributed by atoms with Crippen molar-refractivity contribution in [1.82, 2.24) is 20.2 Å². The molecule has 0 atom stereocenters. The first-order valence-corrected chi connectivity index (χ1v) is 4.58. The number of hydrogen-bond donors (Lipinski definition) is 2. The number of tetrazole rings is 1. The van der Waals surface area contributed by atoms with Crippen LogP contribution in [0.2, 0.25) is 0 Å². The molecule has 0 saturated heterocycles. The Hall–Kier alpha value is -1.95. The van der Waals surface area contributed by atoms with E-state index in [9.17, 15) is 0 Å². The topological polar surface area (TPSA) is 81.7 Å². The highest BCUT2D eigenvalue weighted by Gasteiger charge is 2.04. The molecule has 0 bridgehead atoms. The lowest BCUT2D eigenvalue weighted by Gasteiger charge is -2.08. The Labute approximate surface area is 87.1 Å². The molecule has 78 valence electrons. The van der Waals surface area contributed by atoms with Crippen molar-refractivity contribution in [2.45, 2.75) is 6.54 Å². The average Bonchev–Trinajstić information content (AvgIpc) is 2.65. The summed E-state index contributed by atoms with van der Waals surface area (Å²) in [5.41, 5.74) is 7.58. The van der Waals surface area contributed by atoms with Crippen LogP contribution in [0.25, 0.3) is 0 Å². The lowest BCUT2D eigenvalue weighted by molar-refractivity contribution is 0.715. The van der Waals surface area contributed by atoms with Crippen LogP contribution in [-0.4, -0.2) is 20.2 Å². The van der Waals surface area contributed by atoms with Gasteiger partial charge in [0.1, 0.15) is 0 Å². The van der Waals surface area contributed by atoms with E-state index in [0.717, 1.165) is 11.3 Å². The third-order valence-corrected chi connectivity index (χ3v) is 2.10. The molecule has 0 unspecified atom stereocenters. The Morgan fingerprint density at radius 2 is 2.20 bits per heavy atom. The van der Waals surface area contributed by atoms with E-state index in [2.05, 4.69) is 20.8 Å². The number of hydrogen-bond acceptors (Lipinski definition) is 5. The maximum Gasteiger partial charge on any atom is 0.247 e. The normalized spacial score (nSPS) is 10.3. The van der Waals surface area contributed by atoms with E-state index in [1.165, 1.54) is 0 Å². The lowest BCUT2D eigenvalue weighted by atomic mass is 10.2. The van der Waals surface area contributed by atoms with Crippen LogP contribution in [0.5, 0.6) is 0 Å². The van der Waals surface area contributed by atoms with Gasteiger partial charge in [-0.25, -0.2) is 4.68 Å². The molecule has 6 heteroatoms. The van der Waals surface area contributed by atoms with E-state index in [0.29, 0.717) is 12.5 Å². The largest absolute Gasteiger partial charge is 0.326 e. The lowest BCUT2D eigenvalue weighted by Crippen LogP contribution is -2.05. The standard InChI is InChI=1S/C9H12N6/c1-15-9(12-13-14-15)11-8-5-3-2-4-7(8)6-10/h2-5H,6,10H2,1H3,(H,11,12,14). The number of nitrogens with one attached hydrogen (secondary N) is 1. The molecule has 1 aromatic carbocycles. The number of nitrogens with two attached hydrogens (primary N) is 1. The van der Waals surface area contributed by atoms with E-state index in [1.807, 2.05) is 24.3 Å². The third kappa shape index (κ3) is 1.94. The summed E-state index contributed by atoms with van der Waals surface area (Å²) in [6.45, 7) is 0.481. The average molecular weight is 204 g/mol. The van der Waals surface area contributed by atoms with Crippen molar-refractivity contribution in [2.24, 2.45) is 12.8 Å². The minimum atomic E-state index is 0.481. The summed E-state index contributed by atoms with van der Waals surface area (Å²) in [6.07, 6.45) is 0. The molecular weight excluding hydrogens is 192 g/mol. The Bertz CT molecular complexity index is 449. The number of aromatic nitrogens is 4. The monoisotopic (exact) mass is 204 g/mol. The minimum Gasteiger partial charge on any atom is -0.326 e. The Balaban J connectivity index is 2.28. The molecule has 0 saturated carbocycles. The van der Waals surface area contributed by atoms with Crippen LogP contribution in [0.1, 0.15) is 5.56 Å². The molecule has 1 aromatic heterocycles. The number of benzene rings is 1. The summed E-state index contributed by atoms with van der Waals surface area (Å²) in [6, 6.07) is 7.79. The summed E-state index contributed by atoms with van der Waals surface area (Å²) in [4.78, 5) is 0. The van der Waals surface area contributed by atoms with Crippen LogP contribution in [0.15, 0.2) is 24.3 Å². The Morgan fingerprint density at radius 3 is 2.87 bits per heavy atom. The van der Waals surface area contributed by atoms with Crippen LogP contribution in [0.3, 0.4) is 0 Å². The van der Waals surface area contributed by atoms with Crippen LogP contribution in [-0.2, 0) is 13.6 Å². The van der Waals surface area contributed by atoms with Gasteiger partial charge in [-0.2, -0.15) is 0 Å². The highest BCUT2D eigenvalue weighted by atomic mass is 15.6. The predicted octanol–water partition coefficient (Wildman–Crippen LogP) is 0.412. The Kier molecular flexibility index (Phi) is 2.59. The number of aryl methyl sites for hydroxylation is 1. The molecule has 15 heavy (non-hydrogen) atoms. The van der Waals surface area contributed by atoms with E-state index >= 15 is 0 Å². The molecule has 0 spiro atoms. The fraction of sp³-hybridized carbons (Fsp3) is 0.222. The fourth-order valence-corrected chi connectivity index (χ4v) is 1.28. The van der Waals surface area contributed by atoms with Crippen molar-refractivity contribution in [3.05, 3.63) is 29.8 Å².